The van der Waals surface area contributed by atoms with Crippen LogP contribution < -0.4 is 0 Å². The average molecular weight is 884 g/mol. The van der Waals surface area contributed by atoms with Crippen molar-refractivity contribution in [3.63, 3.8) is 0 Å². The molecule has 1 aliphatic rings. The van der Waals surface area contributed by atoms with Crippen molar-refractivity contribution in [1.29, 1.82) is 0 Å². The maximum Gasteiger partial charge on any atom is 0.134 e. The highest BCUT2D eigenvalue weighted by Gasteiger charge is 2.75. The monoisotopic (exact) mass is 875 g/mol. The largest absolute Gasteiger partial charge is 0.134 e. The molecule has 2 rings (SSSR count). The lowest BCUT2D eigenvalue weighted by Crippen LogP contribution is -2.69. The number of benzene rings is 1. The van der Waals surface area contributed by atoms with Gasteiger partial charge in [-0.2, -0.15) is 0 Å². The van der Waals surface area contributed by atoms with Gasteiger partial charge in [-0.25, -0.2) is 0 Å². The first-order chi connectivity index (χ1) is 9.79. The van der Waals surface area contributed by atoms with Crippen molar-refractivity contribution in [1.82, 2.24) is 0 Å². The van der Waals surface area contributed by atoms with Crippen molar-refractivity contribution in [3.05, 3.63) is 35.9 Å². The van der Waals surface area contributed by atoms with Crippen LogP contribution in [0.4, 0.5) is 0 Å². The van der Waals surface area contributed by atoms with Crippen LogP contribution in [0, 0.1) is 0 Å². The summed E-state index contributed by atoms with van der Waals surface area (Å²) in [7, 11) is 0. The van der Waals surface area contributed by atoms with E-state index in [0.717, 1.165) is 12.8 Å². The van der Waals surface area contributed by atoms with Crippen LogP contribution in [0.5, 0.6) is 0 Å². The fourth-order valence-corrected chi connectivity index (χ4v) is 11.8. The van der Waals surface area contributed by atoms with Gasteiger partial charge >= 0.3 is 0 Å². The Labute approximate surface area is 206 Å². The second-order valence-electron chi connectivity index (χ2n) is 5.23. The van der Waals surface area contributed by atoms with E-state index in [2.05, 4.69) is 168 Å². The highest BCUT2D eigenvalue weighted by molar-refractivity contribution is 9.34. The second kappa shape index (κ2) is 7.17. The number of hydrogen-bond acceptors (Lipinski definition) is 0. The van der Waals surface area contributed by atoms with E-state index in [1.165, 1.54) is 5.56 Å². The van der Waals surface area contributed by atoms with E-state index in [4.69, 9.17) is 0 Å². The summed E-state index contributed by atoms with van der Waals surface area (Å²) < 4.78 is -2.33. The molecule has 0 aromatic heterocycles. The smallest absolute Gasteiger partial charge is 0.0823 e. The fraction of sp³-hybridized carbons (Fsp3) is 0.538. The summed E-state index contributed by atoms with van der Waals surface area (Å²) in [5.74, 6) is 0. The Bertz CT molecular complexity index is 552. The van der Waals surface area contributed by atoms with E-state index in [-0.39, 0.29) is 4.32 Å². The van der Waals surface area contributed by atoms with E-state index >= 15 is 0 Å². The summed E-state index contributed by atoms with van der Waals surface area (Å²) in [5, 5.41) is 0. The van der Waals surface area contributed by atoms with Gasteiger partial charge in [0.25, 0.3) is 0 Å². The van der Waals surface area contributed by atoms with Crippen LogP contribution >= 0.6 is 143 Å². The van der Waals surface area contributed by atoms with Gasteiger partial charge in [0.05, 0.1) is 4.32 Å². The minimum Gasteiger partial charge on any atom is -0.0823 e. The van der Waals surface area contributed by atoms with Gasteiger partial charge < -0.3 is 0 Å². The van der Waals surface area contributed by atoms with Crippen molar-refractivity contribution >= 4 is 143 Å². The number of alkyl halides is 9. The molecule has 1 unspecified atom stereocenters. The van der Waals surface area contributed by atoms with E-state index in [0.29, 0.717) is 0 Å². The van der Waals surface area contributed by atoms with Gasteiger partial charge in [0.1, 0.15) is 12.9 Å². The van der Waals surface area contributed by atoms with Crippen LogP contribution in [0.15, 0.2) is 30.3 Å². The lowest BCUT2D eigenvalue weighted by atomic mass is 9.83. The molecule has 0 N–H and O–H groups in total. The number of halogens is 9. The van der Waals surface area contributed by atoms with Crippen LogP contribution in [0.25, 0.3) is 0 Å². The zero-order chi connectivity index (χ0) is 17.0. The third-order valence-electron chi connectivity index (χ3n) is 3.64. The zero-order valence-electron chi connectivity index (χ0n) is 10.7. The molecular formula is C13H9Br9. The van der Waals surface area contributed by atoms with Gasteiger partial charge in [0.2, 0.25) is 0 Å². The summed E-state index contributed by atoms with van der Waals surface area (Å²) in [5.41, 5.74) is 1.26. The normalized spacial score (nSPS) is 31.7. The Hall–Kier alpha value is 3.54. The van der Waals surface area contributed by atoms with Crippen LogP contribution in [0.3, 0.4) is 0 Å². The van der Waals surface area contributed by atoms with E-state index in [9.17, 15) is 0 Å². The minimum atomic E-state index is -0.580. The summed E-state index contributed by atoms with van der Waals surface area (Å²) in [6, 6.07) is 10.4. The topological polar surface area (TPSA) is 0 Å². The van der Waals surface area contributed by atoms with E-state index in [1.807, 2.05) is 6.07 Å². The molecule has 22 heavy (non-hydrogen) atoms. The molecule has 1 fully saturated rings. The minimum absolute atomic E-state index is 0.299. The van der Waals surface area contributed by atoms with Gasteiger partial charge in [-0.05, 0) is 18.4 Å². The van der Waals surface area contributed by atoms with Gasteiger partial charge in [0.15, 0.2) is 0 Å². The molecule has 0 nitrogen and oxygen atoms in total. The molecule has 1 aliphatic carbocycles. The molecule has 0 aliphatic heterocycles. The molecule has 1 saturated carbocycles. The Morgan fingerprint density at radius 3 is 1.68 bits per heavy atom. The Morgan fingerprint density at radius 2 is 1.18 bits per heavy atom. The van der Waals surface area contributed by atoms with Crippen LogP contribution in [0.1, 0.15) is 12.0 Å². The van der Waals surface area contributed by atoms with Crippen LogP contribution in [-0.2, 0) is 6.42 Å². The molecule has 0 saturated heterocycles. The first kappa shape index (κ1) is 21.8. The third-order valence-corrected chi connectivity index (χ3v) is 21.6. The maximum absolute atomic E-state index is 4.00. The lowest BCUT2D eigenvalue weighted by Gasteiger charge is -2.60. The lowest BCUT2D eigenvalue weighted by molar-refractivity contribution is 0.400. The highest BCUT2D eigenvalue weighted by Crippen LogP contribution is 2.76. The fourth-order valence-electron chi connectivity index (χ4n) is 2.38. The Balaban J connectivity index is 2.52. The summed E-state index contributed by atoms with van der Waals surface area (Å²) >= 11 is 34.7. The summed E-state index contributed by atoms with van der Waals surface area (Å²) in [6.45, 7) is 0. The van der Waals surface area contributed by atoms with Crippen molar-refractivity contribution in [3.8, 4) is 0 Å². The molecule has 0 amide bonds. The molecule has 0 bridgehead atoms. The molecule has 124 valence electrons. The van der Waals surface area contributed by atoms with Crippen molar-refractivity contribution in [2.24, 2.45) is 0 Å². The first-order valence-electron chi connectivity index (χ1n) is 6.03. The maximum atomic E-state index is 4.00. The summed E-state index contributed by atoms with van der Waals surface area (Å²) in [6.07, 6.45) is 1.61. The quantitative estimate of drug-likeness (QED) is 0.261. The van der Waals surface area contributed by atoms with E-state index < -0.39 is 12.9 Å². The molecule has 0 heterocycles. The second-order valence-corrected chi connectivity index (χ2v) is 20.9. The van der Waals surface area contributed by atoms with E-state index in [1.54, 1.807) is 0 Å². The Morgan fingerprint density at radius 1 is 0.682 bits per heavy atom. The van der Waals surface area contributed by atoms with Gasteiger partial charge in [-0.15, -0.1) is 0 Å². The first-order valence-corrected chi connectivity index (χ1v) is 13.2. The molecule has 1 aromatic rings. The average Bonchev–Trinajstić information content (AvgIpc) is 2.37. The zero-order valence-corrected chi connectivity index (χ0v) is 25.0. The molecule has 0 spiro atoms. The SMILES string of the molecule is BrC1(Br)CC(Br)(Cc2ccccc2)C(Br)(Br)C(Br)(Br)C1(Br)Br. The highest BCUT2D eigenvalue weighted by atomic mass is 79.9. The van der Waals surface area contributed by atoms with Crippen LogP contribution in [0.2, 0.25) is 0 Å². The molecule has 0 radical (unpaired) electrons. The predicted molar refractivity (Wildman–Crippen MR) is 129 cm³/mol. The van der Waals surface area contributed by atoms with Gasteiger partial charge in [-0.3, -0.25) is 0 Å². The molecular weight excluding hydrogens is 875 g/mol. The van der Waals surface area contributed by atoms with Crippen LogP contribution in [-0.4, -0.2) is 17.3 Å². The number of rotatable bonds is 2. The van der Waals surface area contributed by atoms with Crippen molar-refractivity contribution < 1.29 is 0 Å². The standard InChI is InChI=1S/C13H9Br9/c14-9(6-8-4-2-1-3-5-8)7-10(15,16)12(19,20)13(21,22)11(9,17)18/h1-5H,6-7H2. The number of hydrogen-bond donors (Lipinski definition) is 0. The molecule has 9 heteroatoms. The molecule has 1 aromatic carbocycles. The summed E-state index contributed by atoms with van der Waals surface area (Å²) in [4.78, 5) is 0. The van der Waals surface area contributed by atoms with Gasteiger partial charge in [0, 0.05) is 0 Å². The van der Waals surface area contributed by atoms with Gasteiger partial charge in [-0.1, -0.05) is 174 Å². The third kappa shape index (κ3) is 3.49. The molecule has 1 atom stereocenters. The van der Waals surface area contributed by atoms with Crippen molar-refractivity contribution in [2.75, 3.05) is 0 Å². The predicted octanol–water partition coefficient (Wildman–Crippen LogP) is 8.71. The Kier molecular flexibility index (Phi) is 7.12. The van der Waals surface area contributed by atoms with Crippen molar-refractivity contribution in [2.45, 2.75) is 30.1 Å².